The Balaban J connectivity index is 1.33. The van der Waals surface area contributed by atoms with Gasteiger partial charge in [-0.25, -0.2) is 9.59 Å². The lowest BCUT2D eigenvalue weighted by atomic mass is 9.88. The molecule has 0 aromatic rings. The van der Waals surface area contributed by atoms with Gasteiger partial charge in [-0.15, -0.1) is 0 Å². The van der Waals surface area contributed by atoms with Crippen molar-refractivity contribution in [3.63, 3.8) is 0 Å². The van der Waals surface area contributed by atoms with Crippen LogP contribution < -0.4 is 0 Å². The normalized spacial score (nSPS) is 33.4. The molecular weight excluding hydrogens is 304 g/mol. The molecule has 5 atom stereocenters. The van der Waals surface area contributed by atoms with Gasteiger partial charge in [-0.1, -0.05) is 6.58 Å². The van der Waals surface area contributed by atoms with Crippen LogP contribution in [0, 0.1) is 17.8 Å². The predicted octanol–water partition coefficient (Wildman–Crippen LogP) is 0.615. The number of hydrogen-bond acceptors (Lipinski definition) is 7. The molecule has 0 aromatic heterocycles. The first-order chi connectivity index (χ1) is 11.0. The van der Waals surface area contributed by atoms with Crippen LogP contribution in [-0.4, -0.2) is 49.9 Å². The van der Waals surface area contributed by atoms with Crippen molar-refractivity contribution in [3.8, 4) is 0 Å². The highest BCUT2D eigenvalue weighted by molar-refractivity contribution is 5.88. The molecule has 3 aliphatic rings. The molecule has 0 N–H and O–H groups in total. The van der Waals surface area contributed by atoms with E-state index >= 15 is 0 Å². The molecule has 1 heterocycles. The van der Waals surface area contributed by atoms with Crippen molar-refractivity contribution >= 4 is 17.9 Å². The van der Waals surface area contributed by atoms with Crippen LogP contribution in [0.5, 0.6) is 0 Å². The molecule has 0 aromatic carbocycles. The maximum atomic E-state index is 11.6. The highest BCUT2D eigenvalue weighted by Crippen LogP contribution is 2.55. The maximum Gasteiger partial charge on any atom is 0.344 e. The number of fused-ring (bicyclic) bond motifs is 1. The van der Waals surface area contributed by atoms with E-state index in [2.05, 4.69) is 11.3 Å². The van der Waals surface area contributed by atoms with Gasteiger partial charge in [-0.3, -0.25) is 4.79 Å². The van der Waals surface area contributed by atoms with Crippen molar-refractivity contribution in [2.45, 2.75) is 32.0 Å². The van der Waals surface area contributed by atoms with Crippen molar-refractivity contribution in [1.29, 1.82) is 0 Å². The summed E-state index contributed by atoms with van der Waals surface area (Å²) in [5, 5.41) is 0. The summed E-state index contributed by atoms with van der Waals surface area (Å²) in [6, 6.07) is 0. The fraction of sp³-hybridized carbons (Fsp3) is 0.688. The number of hydrogen-bond donors (Lipinski definition) is 0. The molecule has 23 heavy (non-hydrogen) atoms. The summed E-state index contributed by atoms with van der Waals surface area (Å²) >= 11 is 0. The lowest BCUT2D eigenvalue weighted by Gasteiger charge is -2.25. The third-order valence-corrected chi connectivity index (χ3v) is 4.74. The number of esters is 3. The summed E-state index contributed by atoms with van der Waals surface area (Å²) < 4.78 is 20.7. The quantitative estimate of drug-likeness (QED) is 0.293. The molecule has 7 heteroatoms. The Morgan fingerprint density at radius 3 is 2.78 bits per heavy atom. The first-order valence-electron chi connectivity index (χ1n) is 7.77. The monoisotopic (exact) mass is 324 g/mol. The molecule has 2 aliphatic carbocycles. The van der Waals surface area contributed by atoms with E-state index in [0.717, 1.165) is 12.8 Å². The van der Waals surface area contributed by atoms with Gasteiger partial charge < -0.3 is 18.9 Å². The molecule has 0 amide bonds. The van der Waals surface area contributed by atoms with Crippen LogP contribution in [0.25, 0.3) is 0 Å². The van der Waals surface area contributed by atoms with Gasteiger partial charge in [0.25, 0.3) is 0 Å². The largest absolute Gasteiger partial charge is 0.461 e. The van der Waals surface area contributed by atoms with E-state index in [1.165, 1.54) is 6.92 Å². The van der Waals surface area contributed by atoms with E-state index in [9.17, 15) is 14.4 Å². The third-order valence-electron chi connectivity index (χ3n) is 4.74. The molecule has 5 unspecified atom stereocenters. The van der Waals surface area contributed by atoms with Crippen molar-refractivity contribution in [2.75, 3.05) is 19.8 Å². The van der Waals surface area contributed by atoms with Crippen molar-refractivity contribution < 1.29 is 33.3 Å². The van der Waals surface area contributed by atoms with Crippen molar-refractivity contribution in [3.05, 3.63) is 12.2 Å². The zero-order valence-corrected chi connectivity index (χ0v) is 13.0. The molecule has 7 nitrogen and oxygen atoms in total. The highest BCUT2D eigenvalue weighted by Gasteiger charge is 2.62. The van der Waals surface area contributed by atoms with Crippen LogP contribution in [0.15, 0.2) is 12.2 Å². The van der Waals surface area contributed by atoms with Gasteiger partial charge in [-0.05, 0) is 25.7 Å². The van der Waals surface area contributed by atoms with E-state index in [0.29, 0.717) is 11.8 Å². The fourth-order valence-electron chi connectivity index (χ4n) is 3.76. The summed E-state index contributed by atoms with van der Waals surface area (Å²) in [4.78, 5) is 34.2. The van der Waals surface area contributed by atoms with Gasteiger partial charge >= 0.3 is 17.9 Å². The Bertz CT molecular complexity index is 541. The van der Waals surface area contributed by atoms with Crippen LogP contribution in [0.1, 0.15) is 19.8 Å². The third kappa shape index (κ3) is 3.10. The van der Waals surface area contributed by atoms with E-state index in [4.69, 9.17) is 14.2 Å². The average Bonchev–Trinajstić information content (AvgIpc) is 3.12. The molecule has 0 radical (unpaired) electrons. The van der Waals surface area contributed by atoms with Crippen molar-refractivity contribution in [1.82, 2.24) is 0 Å². The van der Waals surface area contributed by atoms with Gasteiger partial charge in [0.1, 0.15) is 12.7 Å². The number of ether oxygens (including phenoxy) is 4. The molecule has 1 aliphatic heterocycles. The molecular formula is C16H20O7. The number of carbonyl (C=O) groups is 3. The minimum atomic E-state index is -0.636. The van der Waals surface area contributed by atoms with Gasteiger partial charge in [0.15, 0.2) is 6.61 Å². The molecule has 3 rings (SSSR count). The Morgan fingerprint density at radius 2 is 2.04 bits per heavy atom. The van der Waals surface area contributed by atoms with Gasteiger partial charge in [-0.2, -0.15) is 0 Å². The molecule has 126 valence electrons. The first kappa shape index (κ1) is 16.0. The van der Waals surface area contributed by atoms with E-state index in [1.54, 1.807) is 0 Å². The van der Waals surface area contributed by atoms with E-state index in [1.807, 2.05) is 0 Å². The fourth-order valence-corrected chi connectivity index (χ4v) is 3.76. The minimum absolute atomic E-state index is 0.0608. The molecule has 3 fully saturated rings. The van der Waals surface area contributed by atoms with Crippen LogP contribution in [0.4, 0.5) is 0 Å². The first-order valence-corrected chi connectivity index (χ1v) is 7.77. The summed E-state index contributed by atoms with van der Waals surface area (Å²) in [5.41, 5.74) is 0.224. The Labute approximate surface area is 133 Å². The molecule has 2 bridgehead atoms. The summed E-state index contributed by atoms with van der Waals surface area (Å²) in [5.74, 6) is -0.651. The van der Waals surface area contributed by atoms with Crippen LogP contribution >= 0.6 is 0 Å². The summed E-state index contributed by atoms with van der Waals surface area (Å²) in [6.45, 7) is 4.77. The zero-order chi connectivity index (χ0) is 16.6. The molecule has 2 saturated carbocycles. The maximum absolute atomic E-state index is 11.6. The number of carbonyl (C=O) groups excluding carboxylic acids is 3. The van der Waals surface area contributed by atoms with Crippen LogP contribution in [-0.2, 0) is 33.3 Å². The highest BCUT2D eigenvalue weighted by atomic mass is 16.6. The second-order valence-corrected chi connectivity index (χ2v) is 6.32. The lowest BCUT2D eigenvalue weighted by Crippen LogP contribution is -2.35. The van der Waals surface area contributed by atoms with Gasteiger partial charge in [0.05, 0.1) is 18.6 Å². The van der Waals surface area contributed by atoms with Crippen LogP contribution in [0.2, 0.25) is 0 Å². The topological polar surface area (TPSA) is 88.1 Å². The lowest BCUT2D eigenvalue weighted by molar-refractivity contribution is -0.159. The van der Waals surface area contributed by atoms with E-state index in [-0.39, 0.29) is 42.9 Å². The Hall–Kier alpha value is -1.89. The zero-order valence-electron chi connectivity index (χ0n) is 13.0. The van der Waals surface area contributed by atoms with Crippen molar-refractivity contribution in [2.24, 2.45) is 17.8 Å². The SMILES string of the molecule is C=C(C)C(=O)OCC(=O)OCCOC1C2CC3C(=O)OC1C3C2. The minimum Gasteiger partial charge on any atom is -0.461 e. The smallest absolute Gasteiger partial charge is 0.344 e. The predicted molar refractivity (Wildman–Crippen MR) is 76.1 cm³/mol. The van der Waals surface area contributed by atoms with Crippen LogP contribution in [0.3, 0.4) is 0 Å². The van der Waals surface area contributed by atoms with Gasteiger partial charge in [0.2, 0.25) is 0 Å². The second kappa shape index (κ2) is 6.31. The molecule has 0 spiro atoms. The molecule has 1 saturated heterocycles. The average molecular weight is 324 g/mol. The summed E-state index contributed by atoms with van der Waals surface area (Å²) in [6.07, 6.45) is 1.57. The standard InChI is InChI=1S/C16H20O7/c1-8(2)15(18)22-7-12(17)20-3-4-21-13-9-5-10-11(6-9)16(19)23-14(10)13/h9-11,13-14H,1,3-7H2,2H3. The Kier molecular flexibility index (Phi) is 4.39. The number of rotatable bonds is 7. The Morgan fingerprint density at radius 1 is 1.26 bits per heavy atom. The second-order valence-electron chi connectivity index (χ2n) is 6.32. The van der Waals surface area contributed by atoms with Gasteiger partial charge in [0, 0.05) is 11.5 Å². The van der Waals surface area contributed by atoms with E-state index < -0.39 is 18.5 Å². The summed E-state index contributed by atoms with van der Waals surface area (Å²) in [7, 11) is 0.